The molecule has 0 saturated heterocycles. The summed E-state index contributed by atoms with van der Waals surface area (Å²) in [5, 5.41) is 13.9. The molecule has 3 aromatic heterocycles. The molecule has 4 aromatic rings. The molecule has 1 aromatic carbocycles. The molecule has 4 rings (SSSR count). The van der Waals surface area contributed by atoms with Crippen molar-refractivity contribution in [1.82, 2.24) is 29.5 Å². The summed E-state index contributed by atoms with van der Waals surface area (Å²) in [7, 11) is 0. The zero-order valence-electron chi connectivity index (χ0n) is 14.6. The van der Waals surface area contributed by atoms with Crippen LogP contribution in [0.5, 0.6) is 0 Å². The van der Waals surface area contributed by atoms with Gasteiger partial charge in [-0.1, -0.05) is 30.0 Å². The average Bonchev–Trinajstić information content (AvgIpc) is 3.38. The topological polar surface area (TPSA) is 61.4 Å². The Bertz CT molecular complexity index is 1010. The summed E-state index contributed by atoms with van der Waals surface area (Å²) in [6, 6.07) is 14.2. The van der Waals surface area contributed by atoms with Crippen LogP contribution in [0.25, 0.3) is 17.1 Å². The Morgan fingerprint density at radius 3 is 2.52 bits per heavy atom. The summed E-state index contributed by atoms with van der Waals surface area (Å²) in [6.07, 6.45) is 9.09. The number of hydrogen-bond donors (Lipinski definition) is 0. The van der Waals surface area contributed by atoms with Gasteiger partial charge in [0.05, 0.1) is 5.69 Å². The summed E-state index contributed by atoms with van der Waals surface area (Å²) < 4.78 is 3.92. The fourth-order valence-electron chi connectivity index (χ4n) is 2.72. The number of rotatable bonds is 7. The predicted molar refractivity (Wildman–Crippen MR) is 107 cm³/mol. The van der Waals surface area contributed by atoms with E-state index in [4.69, 9.17) is 0 Å². The Kier molecular flexibility index (Phi) is 5.11. The Balaban J connectivity index is 1.51. The smallest absolute Gasteiger partial charge is 0.192 e. The molecule has 7 heteroatoms. The first-order valence-electron chi connectivity index (χ1n) is 8.51. The SMILES string of the molecule is C=CCn1c(SCc2ccc(-n3cccn3)cc2)nnc1-c1ccncc1. The van der Waals surface area contributed by atoms with E-state index in [1.165, 1.54) is 5.56 Å². The van der Waals surface area contributed by atoms with Crippen LogP contribution in [0.2, 0.25) is 0 Å². The highest BCUT2D eigenvalue weighted by Gasteiger charge is 2.13. The normalized spacial score (nSPS) is 10.8. The van der Waals surface area contributed by atoms with Gasteiger partial charge in [0.2, 0.25) is 0 Å². The van der Waals surface area contributed by atoms with Crippen molar-refractivity contribution in [3.63, 3.8) is 0 Å². The summed E-state index contributed by atoms with van der Waals surface area (Å²) in [4.78, 5) is 4.07. The molecule has 0 unspecified atom stereocenters. The zero-order valence-corrected chi connectivity index (χ0v) is 15.5. The fourth-order valence-corrected chi connectivity index (χ4v) is 3.62. The molecule has 0 bridgehead atoms. The van der Waals surface area contributed by atoms with Crippen LogP contribution >= 0.6 is 11.8 Å². The third-order valence-electron chi connectivity index (χ3n) is 4.04. The number of pyridine rings is 1. The van der Waals surface area contributed by atoms with Crippen molar-refractivity contribution < 1.29 is 0 Å². The largest absolute Gasteiger partial charge is 0.298 e. The van der Waals surface area contributed by atoms with Crippen molar-refractivity contribution in [2.45, 2.75) is 17.5 Å². The van der Waals surface area contributed by atoms with E-state index in [0.717, 1.165) is 28.0 Å². The van der Waals surface area contributed by atoms with Gasteiger partial charge >= 0.3 is 0 Å². The van der Waals surface area contributed by atoms with Crippen molar-refractivity contribution in [1.29, 1.82) is 0 Å². The van der Waals surface area contributed by atoms with Crippen LogP contribution < -0.4 is 0 Å². The molecular formula is C20H18N6S. The van der Waals surface area contributed by atoms with Gasteiger partial charge in [-0.15, -0.1) is 16.8 Å². The van der Waals surface area contributed by atoms with Crippen LogP contribution in [0.4, 0.5) is 0 Å². The van der Waals surface area contributed by atoms with Gasteiger partial charge in [0.25, 0.3) is 0 Å². The molecule has 0 radical (unpaired) electrons. The van der Waals surface area contributed by atoms with Gasteiger partial charge in [0.15, 0.2) is 11.0 Å². The first-order chi connectivity index (χ1) is 13.3. The monoisotopic (exact) mass is 374 g/mol. The molecule has 0 aliphatic carbocycles. The van der Waals surface area contributed by atoms with E-state index in [-0.39, 0.29) is 0 Å². The van der Waals surface area contributed by atoms with E-state index in [1.807, 2.05) is 35.2 Å². The Morgan fingerprint density at radius 2 is 1.81 bits per heavy atom. The summed E-state index contributed by atoms with van der Waals surface area (Å²) in [5.41, 5.74) is 3.26. The molecule has 0 aliphatic heterocycles. The van der Waals surface area contributed by atoms with Gasteiger partial charge in [0, 0.05) is 42.6 Å². The molecule has 27 heavy (non-hydrogen) atoms. The van der Waals surface area contributed by atoms with E-state index in [1.54, 1.807) is 30.4 Å². The lowest BCUT2D eigenvalue weighted by Crippen LogP contribution is -2.00. The molecule has 0 amide bonds. The molecule has 0 fully saturated rings. The molecule has 0 aliphatic rings. The molecule has 0 spiro atoms. The van der Waals surface area contributed by atoms with Gasteiger partial charge < -0.3 is 0 Å². The van der Waals surface area contributed by atoms with Gasteiger partial charge in [0.1, 0.15) is 0 Å². The first-order valence-corrected chi connectivity index (χ1v) is 9.50. The second-order valence-corrected chi connectivity index (χ2v) is 6.79. The maximum absolute atomic E-state index is 4.38. The van der Waals surface area contributed by atoms with E-state index in [2.05, 4.69) is 55.7 Å². The number of hydrogen-bond acceptors (Lipinski definition) is 5. The van der Waals surface area contributed by atoms with Crippen LogP contribution in [0.3, 0.4) is 0 Å². The van der Waals surface area contributed by atoms with Gasteiger partial charge in [-0.3, -0.25) is 9.55 Å². The maximum atomic E-state index is 4.38. The molecule has 0 atom stereocenters. The fraction of sp³-hybridized carbons (Fsp3) is 0.100. The van der Waals surface area contributed by atoms with E-state index in [0.29, 0.717) is 6.54 Å². The lowest BCUT2D eigenvalue weighted by atomic mass is 10.2. The number of thioether (sulfide) groups is 1. The highest BCUT2D eigenvalue weighted by molar-refractivity contribution is 7.98. The van der Waals surface area contributed by atoms with Crippen LogP contribution in [0, 0.1) is 0 Å². The maximum Gasteiger partial charge on any atom is 0.192 e. The van der Waals surface area contributed by atoms with Crippen molar-refractivity contribution in [2.24, 2.45) is 0 Å². The second-order valence-electron chi connectivity index (χ2n) is 5.85. The standard InChI is InChI=1S/C20H18N6S/c1-2-13-25-19(17-8-11-21-12-9-17)23-24-20(25)27-15-16-4-6-18(7-5-16)26-14-3-10-22-26/h2-12,14H,1,13,15H2. The van der Waals surface area contributed by atoms with E-state index >= 15 is 0 Å². The van der Waals surface area contributed by atoms with E-state index < -0.39 is 0 Å². The third-order valence-corrected chi connectivity index (χ3v) is 5.08. The van der Waals surface area contributed by atoms with E-state index in [9.17, 15) is 0 Å². The van der Waals surface area contributed by atoms with Crippen LogP contribution in [-0.4, -0.2) is 29.5 Å². The van der Waals surface area contributed by atoms with Crippen molar-refractivity contribution in [3.8, 4) is 17.1 Å². The second kappa shape index (κ2) is 8.01. The lowest BCUT2D eigenvalue weighted by molar-refractivity contribution is 0.731. The van der Waals surface area contributed by atoms with Gasteiger partial charge in [-0.25, -0.2) is 4.68 Å². The Labute approximate surface area is 161 Å². The number of nitrogens with zero attached hydrogens (tertiary/aromatic N) is 6. The zero-order chi connectivity index (χ0) is 18.5. The number of allylic oxidation sites excluding steroid dienone is 1. The van der Waals surface area contributed by atoms with Crippen molar-refractivity contribution >= 4 is 11.8 Å². The predicted octanol–water partition coefficient (Wildman–Crippen LogP) is 4.00. The molecule has 6 nitrogen and oxygen atoms in total. The average molecular weight is 374 g/mol. The molecular weight excluding hydrogens is 356 g/mol. The molecule has 0 saturated carbocycles. The van der Waals surface area contributed by atoms with Crippen LogP contribution in [-0.2, 0) is 12.3 Å². The minimum Gasteiger partial charge on any atom is -0.298 e. The quantitative estimate of drug-likeness (QED) is 0.361. The minimum absolute atomic E-state index is 0.658. The highest BCUT2D eigenvalue weighted by Crippen LogP contribution is 2.26. The van der Waals surface area contributed by atoms with Crippen LogP contribution in [0.15, 0.2) is 85.1 Å². The lowest BCUT2D eigenvalue weighted by Gasteiger charge is -2.08. The van der Waals surface area contributed by atoms with Crippen LogP contribution in [0.1, 0.15) is 5.56 Å². The van der Waals surface area contributed by atoms with Gasteiger partial charge in [-0.2, -0.15) is 5.10 Å². The summed E-state index contributed by atoms with van der Waals surface area (Å²) >= 11 is 1.66. The van der Waals surface area contributed by atoms with Crippen molar-refractivity contribution in [3.05, 3.63) is 85.5 Å². The highest BCUT2D eigenvalue weighted by atomic mass is 32.2. The Hall–Kier alpha value is -3.19. The number of benzene rings is 1. The third kappa shape index (κ3) is 3.83. The minimum atomic E-state index is 0.658. The first kappa shape index (κ1) is 17.2. The molecule has 3 heterocycles. The molecule has 0 N–H and O–H groups in total. The molecule has 134 valence electrons. The van der Waals surface area contributed by atoms with Gasteiger partial charge in [-0.05, 0) is 35.9 Å². The summed E-state index contributed by atoms with van der Waals surface area (Å²) in [5.74, 6) is 1.64. The number of aromatic nitrogens is 6. The summed E-state index contributed by atoms with van der Waals surface area (Å²) in [6.45, 7) is 4.52. The van der Waals surface area contributed by atoms with Crippen molar-refractivity contribution in [2.75, 3.05) is 0 Å². The Morgan fingerprint density at radius 1 is 1.00 bits per heavy atom.